The zero-order valence-corrected chi connectivity index (χ0v) is 7.88. The molecule has 2 atom stereocenters. The Morgan fingerprint density at radius 1 is 1.58 bits per heavy atom. The minimum absolute atomic E-state index is 0.00257. The SMILES string of the molecule is CC1(C(N)CC2CC2)CCCO1. The monoisotopic (exact) mass is 169 g/mol. The molecular weight excluding hydrogens is 150 g/mol. The Morgan fingerprint density at radius 2 is 2.33 bits per heavy atom. The third kappa shape index (κ3) is 1.64. The minimum Gasteiger partial charge on any atom is -0.374 e. The van der Waals surface area contributed by atoms with E-state index in [-0.39, 0.29) is 11.6 Å². The van der Waals surface area contributed by atoms with Gasteiger partial charge in [0.05, 0.1) is 5.60 Å². The standard InChI is InChI=1S/C10H19NO/c1-10(5-2-6-12-10)9(11)7-8-3-4-8/h8-9H,2-7,11H2,1H3. The van der Waals surface area contributed by atoms with E-state index in [0.717, 1.165) is 18.9 Å². The van der Waals surface area contributed by atoms with Crippen molar-refractivity contribution in [1.29, 1.82) is 0 Å². The normalized spacial score (nSPS) is 38.5. The van der Waals surface area contributed by atoms with E-state index < -0.39 is 0 Å². The van der Waals surface area contributed by atoms with Crippen LogP contribution in [0.15, 0.2) is 0 Å². The Labute approximate surface area is 74.5 Å². The molecule has 2 rings (SSSR count). The highest BCUT2D eigenvalue weighted by atomic mass is 16.5. The summed E-state index contributed by atoms with van der Waals surface area (Å²) in [4.78, 5) is 0. The van der Waals surface area contributed by atoms with Crippen LogP contribution < -0.4 is 5.73 Å². The van der Waals surface area contributed by atoms with Crippen molar-refractivity contribution < 1.29 is 4.74 Å². The molecule has 0 aromatic rings. The van der Waals surface area contributed by atoms with Gasteiger partial charge >= 0.3 is 0 Å². The molecule has 2 nitrogen and oxygen atoms in total. The highest BCUT2D eigenvalue weighted by Crippen LogP contribution is 2.38. The molecule has 2 fully saturated rings. The molecule has 1 saturated heterocycles. The van der Waals surface area contributed by atoms with Crippen molar-refractivity contribution in [3.05, 3.63) is 0 Å². The lowest BCUT2D eigenvalue weighted by Gasteiger charge is -2.30. The van der Waals surface area contributed by atoms with Crippen LogP contribution >= 0.6 is 0 Å². The van der Waals surface area contributed by atoms with Gasteiger partial charge in [0, 0.05) is 12.6 Å². The lowest BCUT2D eigenvalue weighted by molar-refractivity contribution is -0.00439. The largest absolute Gasteiger partial charge is 0.374 e. The van der Waals surface area contributed by atoms with Gasteiger partial charge in [0.15, 0.2) is 0 Å². The van der Waals surface area contributed by atoms with Gasteiger partial charge in [-0.1, -0.05) is 12.8 Å². The molecule has 2 aliphatic rings. The molecule has 0 spiro atoms. The van der Waals surface area contributed by atoms with Crippen molar-refractivity contribution in [2.45, 2.75) is 50.7 Å². The molecule has 0 radical (unpaired) electrons. The van der Waals surface area contributed by atoms with Crippen LogP contribution in [0.25, 0.3) is 0 Å². The average molecular weight is 169 g/mol. The molecule has 0 aromatic heterocycles. The molecule has 1 aliphatic carbocycles. The van der Waals surface area contributed by atoms with Gasteiger partial charge in [-0.3, -0.25) is 0 Å². The van der Waals surface area contributed by atoms with Crippen molar-refractivity contribution >= 4 is 0 Å². The van der Waals surface area contributed by atoms with E-state index in [1.54, 1.807) is 0 Å². The summed E-state index contributed by atoms with van der Waals surface area (Å²) in [5.74, 6) is 0.918. The molecular formula is C10H19NO. The zero-order valence-electron chi connectivity index (χ0n) is 7.88. The third-order valence-corrected chi connectivity index (χ3v) is 3.32. The van der Waals surface area contributed by atoms with Gasteiger partial charge in [0.2, 0.25) is 0 Å². The van der Waals surface area contributed by atoms with Crippen LogP contribution in [0, 0.1) is 5.92 Å². The fourth-order valence-corrected chi connectivity index (χ4v) is 2.06. The molecule has 0 aromatic carbocycles. The fraction of sp³-hybridized carbons (Fsp3) is 1.00. The Hall–Kier alpha value is -0.0800. The molecule has 1 heterocycles. The summed E-state index contributed by atoms with van der Waals surface area (Å²) in [6.07, 6.45) is 6.31. The first-order valence-corrected chi connectivity index (χ1v) is 5.10. The molecule has 0 bridgehead atoms. The van der Waals surface area contributed by atoms with E-state index >= 15 is 0 Å². The maximum absolute atomic E-state index is 6.13. The summed E-state index contributed by atoms with van der Waals surface area (Å²) >= 11 is 0. The summed E-state index contributed by atoms with van der Waals surface area (Å²) in [5, 5.41) is 0. The molecule has 12 heavy (non-hydrogen) atoms. The topological polar surface area (TPSA) is 35.2 Å². The van der Waals surface area contributed by atoms with E-state index in [1.165, 1.54) is 25.7 Å². The number of hydrogen-bond donors (Lipinski definition) is 1. The maximum atomic E-state index is 6.13. The molecule has 2 heteroatoms. The first-order chi connectivity index (χ1) is 5.71. The van der Waals surface area contributed by atoms with Crippen LogP contribution in [-0.2, 0) is 4.74 Å². The maximum Gasteiger partial charge on any atom is 0.0805 e. The van der Waals surface area contributed by atoms with Gasteiger partial charge < -0.3 is 10.5 Å². The van der Waals surface area contributed by atoms with Gasteiger partial charge in [-0.05, 0) is 32.1 Å². The third-order valence-electron chi connectivity index (χ3n) is 3.32. The van der Waals surface area contributed by atoms with Gasteiger partial charge in [-0.25, -0.2) is 0 Å². The second kappa shape index (κ2) is 3.00. The Kier molecular flexibility index (Phi) is 2.13. The van der Waals surface area contributed by atoms with Crippen LogP contribution in [0.1, 0.15) is 39.0 Å². The van der Waals surface area contributed by atoms with Crippen molar-refractivity contribution in [2.24, 2.45) is 11.7 Å². The summed E-state index contributed by atoms with van der Waals surface area (Å²) in [6.45, 7) is 3.09. The molecule has 0 amide bonds. The highest BCUT2D eigenvalue weighted by molar-refractivity contribution is 4.93. The van der Waals surface area contributed by atoms with Crippen LogP contribution in [0.5, 0.6) is 0 Å². The first-order valence-electron chi connectivity index (χ1n) is 5.10. The van der Waals surface area contributed by atoms with Gasteiger partial charge in [0.25, 0.3) is 0 Å². The number of hydrogen-bond acceptors (Lipinski definition) is 2. The van der Waals surface area contributed by atoms with E-state index in [2.05, 4.69) is 6.92 Å². The molecule has 70 valence electrons. The highest BCUT2D eigenvalue weighted by Gasteiger charge is 2.38. The van der Waals surface area contributed by atoms with E-state index in [1.807, 2.05) is 0 Å². The Morgan fingerprint density at radius 3 is 2.83 bits per heavy atom. The number of ether oxygens (including phenoxy) is 1. The molecule has 2 unspecified atom stereocenters. The summed E-state index contributed by atoms with van der Waals surface area (Å²) in [6, 6.07) is 0.271. The van der Waals surface area contributed by atoms with Gasteiger partial charge in [-0.15, -0.1) is 0 Å². The summed E-state index contributed by atoms with van der Waals surface area (Å²) in [7, 11) is 0. The van der Waals surface area contributed by atoms with Crippen LogP contribution in [0.3, 0.4) is 0 Å². The summed E-state index contributed by atoms with van der Waals surface area (Å²) in [5.41, 5.74) is 6.13. The van der Waals surface area contributed by atoms with E-state index in [4.69, 9.17) is 10.5 Å². The molecule has 1 aliphatic heterocycles. The van der Waals surface area contributed by atoms with Crippen molar-refractivity contribution in [3.63, 3.8) is 0 Å². The molecule has 2 N–H and O–H groups in total. The second-order valence-corrected chi connectivity index (χ2v) is 4.55. The van der Waals surface area contributed by atoms with Crippen molar-refractivity contribution in [2.75, 3.05) is 6.61 Å². The number of nitrogens with two attached hydrogens (primary N) is 1. The van der Waals surface area contributed by atoms with Crippen molar-refractivity contribution in [3.8, 4) is 0 Å². The lowest BCUT2D eigenvalue weighted by Crippen LogP contribution is -2.45. The van der Waals surface area contributed by atoms with E-state index in [9.17, 15) is 0 Å². The average Bonchev–Trinajstić information content (AvgIpc) is 2.73. The summed E-state index contributed by atoms with van der Waals surface area (Å²) < 4.78 is 5.71. The fourth-order valence-electron chi connectivity index (χ4n) is 2.06. The minimum atomic E-state index is 0.00257. The molecule has 1 saturated carbocycles. The Balaban J connectivity index is 1.87. The number of rotatable bonds is 3. The predicted octanol–water partition coefficient (Wildman–Crippen LogP) is 1.68. The second-order valence-electron chi connectivity index (χ2n) is 4.55. The van der Waals surface area contributed by atoms with Crippen LogP contribution in [0.4, 0.5) is 0 Å². The van der Waals surface area contributed by atoms with Crippen LogP contribution in [-0.4, -0.2) is 18.2 Å². The quantitative estimate of drug-likeness (QED) is 0.697. The van der Waals surface area contributed by atoms with Gasteiger partial charge in [-0.2, -0.15) is 0 Å². The zero-order chi connectivity index (χ0) is 8.60. The first kappa shape index (κ1) is 8.52. The van der Waals surface area contributed by atoms with Crippen molar-refractivity contribution in [1.82, 2.24) is 0 Å². The Bertz CT molecular complexity index is 159. The smallest absolute Gasteiger partial charge is 0.0805 e. The van der Waals surface area contributed by atoms with E-state index in [0.29, 0.717) is 0 Å². The lowest BCUT2D eigenvalue weighted by atomic mass is 9.90. The van der Waals surface area contributed by atoms with Gasteiger partial charge in [0.1, 0.15) is 0 Å². The predicted molar refractivity (Wildman–Crippen MR) is 48.9 cm³/mol. The van der Waals surface area contributed by atoms with Crippen LogP contribution in [0.2, 0.25) is 0 Å².